The number of hydrogen-bond acceptors (Lipinski definition) is 7. The van der Waals surface area contributed by atoms with E-state index >= 15 is 0 Å². The van der Waals surface area contributed by atoms with Crippen molar-refractivity contribution >= 4 is 29.4 Å². The number of unbranched alkanes of at least 4 members (excludes halogenated alkanes) is 1. The van der Waals surface area contributed by atoms with Crippen LogP contribution in [0.15, 0.2) is 21.4 Å². The van der Waals surface area contributed by atoms with Crippen LogP contribution in [-0.2, 0) is 14.2 Å². The molecule has 5 nitrogen and oxygen atoms in total. The number of nitrogens with zero attached hydrogens (tertiary/aromatic N) is 2. The average Bonchev–Trinajstić information content (AvgIpc) is 3.10. The quantitative estimate of drug-likeness (QED) is 0.338. The summed E-state index contributed by atoms with van der Waals surface area (Å²) < 4.78 is 20.4. The van der Waals surface area contributed by atoms with Gasteiger partial charge in [-0.3, -0.25) is 4.90 Å². The van der Waals surface area contributed by atoms with Crippen molar-refractivity contribution in [2.75, 3.05) is 52.6 Å². The van der Waals surface area contributed by atoms with E-state index in [1.165, 1.54) is 15.5 Å². The van der Waals surface area contributed by atoms with Gasteiger partial charge in [-0.05, 0) is 56.2 Å². The molecule has 3 rings (SSSR count). The van der Waals surface area contributed by atoms with Crippen LogP contribution in [0.3, 0.4) is 0 Å². The van der Waals surface area contributed by atoms with Gasteiger partial charge in [-0.15, -0.1) is 11.3 Å². The second-order valence-electron chi connectivity index (χ2n) is 6.48. The Morgan fingerprint density at radius 1 is 1.23 bits per heavy atom. The van der Waals surface area contributed by atoms with Crippen molar-refractivity contribution in [3.05, 3.63) is 22.7 Å². The van der Waals surface area contributed by atoms with E-state index in [9.17, 15) is 0 Å². The lowest BCUT2D eigenvalue weighted by Crippen LogP contribution is -2.39. The van der Waals surface area contributed by atoms with Gasteiger partial charge in [0.2, 0.25) is 0 Å². The van der Waals surface area contributed by atoms with Crippen LogP contribution in [0.1, 0.15) is 32.3 Å². The summed E-state index contributed by atoms with van der Waals surface area (Å²) in [5.41, 5.74) is 2.78. The van der Waals surface area contributed by atoms with E-state index in [2.05, 4.69) is 26.7 Å². The zero-order chi connectivity index (χ0) is 18.2. The highest BCUT2D eigenvalue weighted by atomic mass is 32.2. The van der Waals surface area contributed by atoms with Crippen molar-refractivity contribution in [3.8, 4) is 0 Å². The molecule has 1 fully saturated rings. The summed E-state index contributed by atoms with van der Waals surface area (Å²) in [6.07, 6.45) is 4.43. The van der Waals surface area contributed by atoms with Crippen LogP contribution >= 0.6 is 23.3 Å². The normalized spacial score (nSPS) is 19.3. The zero-order valence-corrected chi connectivity index (χ0v) is 17.4. The molecule has 0 amide bonds. The molecule has 2 aliphatic heterocycles. The fourth-order valence-electron chi connectivity index (χ4n) is 3.09. The molecule has 0 bridgehead atoms. The highest BCUT2D eigenvalue weighted by Crippen LogP contribution is 2.40. The van der Waals surface area contributed by atoms with Crippen LogP contribution in [0, 0.1) is 0 Å². The number of fused-ring (bicyclic) bond motifs is 1. The van der Waals surface area contributed by atoms with Crippen LogP contribution < -0.4 is 0 Å². The molecule has 1 aromatic rings. The van der Waals surface area contributed by atoms with E-state index in [1.54, 1.807) is 0 Å². The fraction of sp³-hybridized carbons (Fsp3) is 0.684. The van der Waals surface area contributed by atoms with E-state index in [0.717, 1.165) is 58.8 Å². The van der Waals surface area contributed by atoms with E-state index < -0.39 is 0 Å². The van der Waals surface area contributed by atoms with Gasteiger partial charge in [0.25, 0.3) is 0 Å². The summed E-state index contributed by atoms with van der Waals surface area (Å²) in [5, 5.41) is 2.19. The Labute approximate surface area is 165 Å². The van der Waals surface area contributed by atoms with Crippen LogP contribution in [0.4, 0.5) is 0 Å². The predicted octanol–water partition coefficient (Wildman–Crippen LogP) is 3.92. The third-order valence-electron chi connectivity index (χ3n) is 4.49. The molecule has 0 N–H and O–H groups in total. The molecule has 146 valence electrons. The first-order valence-electron chi connectivity index (χ1n) is 9.53. The number of thiophene rings is 1. The van der Waals surface area contributed by atoms with Crippen molar-refractivity contribution in [3.63, 3.8) is 0 Å². The Balaban J connectivity index is 1.49. The first-order chi connectivity index (χ1) is 12.8. The predicted molar refractivity (Wildman–Crippen MR) is 108 cm³/mol. The van der Waals surface area contributed by atoms with Gasteiger partial charge < -0.3 is 18.5 Å². The summed E-state index contributed by atoms with van der Waals surface area (Å²) in [6, 6.07) is 2.23. The molecule has 0 radical (unpaired) electrons. The molecule has 0 aromatic carbocycles. The number of hydrogen-bond donors (Lipinski definition) is 0. The Bertz CT molecular complexity index is 573. The standard InChI is InChI=1S/C19H30N2O3S2/c1-3-23-16(2)24-10-5-4-7-21-18(15-20-8-11-22-12-9-20)14-17-6-13-25-19(17)26-21/h6,13-14,16H,3-5,7-12,15H2,1-2H3. The maximum atomic E-state index is 5.68. The molecule has 0 aliphatic carbocycles. The second kappa shape index (κ2) is 10.7. The third kappa shape index (κ3) is 5.97. The number of rotatable bonds is 10. The van der Waals surface area contributed by atoms with Crippen molar-refractivity contribution in [1.82, 2.24) is 9.21 Å². The maximum Gasteiger partial charge on any atom is 0.154 e. The van der Waals surface area contributed by atoms with Gasteiger partial charge in [0, 0.05) is 50.7 Å². The Kier molecular flexibility index (Phi) is 8.29. The molecule has 1 saturated heterocycles. The molecule has 2 aliphatic rings. The summed E-state index contributed by atoms with van der Waals surface area (Å²) in [6.45, 7) is 11.2. The van der Waals surface area contributed by atoms with Crippen molar-refractivity contribution in [2.45, 2.75) is 37.2 Å². The minimum Gasteiger partial charge on any atom is -0.379 e. The number of morpholine rings is 1. The molecule has 1 atom stereocenters. The lowest BCUT2D eigenvalue weighted by atomic mass is 10.2. The summed E-state index contributed by atoms with van der Waals surface area (Å²) in [5.74, 6) is 0. The minimum absolute atomic E-state index is 0.102. The largest absolute Gasteiger partial charge is 0.379 e. The fourth-order valence-corrected chi connectivity index (χ4v) is 5.18. The lowest BCUT2D eigenvalue weighted by molar-refractivity contribution is -0.127. The molecule has 1 aromatic heterocycles. The Hall–Kier alpha value is -0.570. The molecular weight excluding hydrogens is 368 g/mol. The van der Waals surface area contributed by atoms with E-state index in [0.29, 0.717) is 6.61 Å². The third-order valence-corrected chi connectivity index (χ3v) is 6.77. The molecule has 1 unspecified atom stereocenters. The van der Waals surface area contributed by atoms with Gasteiger partial charge >= 0.3 is 0 Å². The van der Waals surface area contributed by atoms with E-state index in [-0.39, 0.29) is 6.29 Å². The highest BCUT2D eigenvalue weighted by Gasteiger charge is 2.22. The van der Waals surface area contributed by atoms with E-state index in [1.807, 2.05) is 37.1 Å². The SMILES string of the molecule is CCOC(C)OCCCCN1Sc2sccc2C=C1CN1CCOCC1. The molecular formula is C19H30N2O3S2. The molecule has 7 heteroatoms. The first-order valence-corrected chi connectivity index (χ1v) is 11.2. The van der Waals surface area contributed by atoms with Crippen LogP contribution in [0.2, 0.25) is 0 Å². The van der Waals surface area contributed by atoms with Gasteiger partial charge in [-0.2, -0.15) is 0 Å². The van der Waals surface area contributed by atoms with Crippen molar-refractivity contribution in [2.24, 2.45) is 0 Å². The summed E-state index contributed by atoms with van der Waals surface area (Å²) in [7, 11) is 0. The minimum atomic E-state index is -0.102. The molecule has 3 heterocycles. The number of ether oxygens (including phenoxy) is 3. The molecule has 0 saturated carbocycles. The summed E-state index contributed by atoms with van der Waals surface area (Å²) in [4.78, 5) is 2.49. The highest BCUT2D eigenvalue weighted by molar-refractivity contribution is 7.99. The molecule has 26 heavy (non-hydrogen) atoms. The first kappa shape index (κ1) is 20.2. The maximum absolute atomic E-state index is 5.68. The molecule has 0 spiro atoms. The van der Waals surface area contributed by atoms with Gasteiger partial charge in [-0.25, -0.2) is 0 Å². The van der Waals surface area contributed by atoms with Crippen molar-refractivity contribution in [1.29, 1.82) is 0 Å². The van der Waals surface area contributed by atoms with E-state index in [4.69, 9.17) is 14.2 Å². The smallest absolute Gasteiger partial charge is 0.154 e. The van der Waals surface area contributed by atoms with Gasteiger partial charge in [0.1, 0.15) is 0 Å². The monoisotopic (exact) mass is 398 g/mol. The lowest BCUT2D eigenvalue weighted by Gasteiger charge is -2.34. The van der Waals surface area contributed by atoms with Gasteiger partial charge in [0.05, 0.1) is 17.4 Å². The average molecular weight is 399 g/mol. The van der Waals surface area contributed by atoms with Gasteiger partial charge in [0.15, 0.2) is 6.29 Å². The Morgan fingerprint density at radius 2 is 2.08 bits per heavy atom. The van der Waals surface area contributed by atoms with Crippen LogP contribution in [0.25, 0.3) is 6.08 Å². The van der Waals surface area contributed by atoms with Crippen molar-refractivity contribution < 1.29 is 14.2 Å². The Morgan fingerprint density at radius 3 is 2.88 bits per heavy atom. The van der Waals surface area contributed by atoms with Crippen LogP contribution in [-0.4, -0.2) is 68.1 Å². The van der Waals surface area contributed by atoms with Crippen LogP contribution in [0.5, 0.6) is 0 Å². The zero-order valence-electron chi connectivity index (χ0n) is 15.8. The van der Waals surface area contributed by atoms with Gasteiger partial charge in [-0.1, -0.05) is 0 Å². The second-order valence-corrected chi connectivity index (χ2v) is 8.69. The summed E-state index contributed by atoms with van der Waals surface area (Å²) >= 11 is 3.73. The topological polar surface area (TPSA) is 34.2 Å².